The van der Waals surface area contributed by atoms with Crippen molar-refractivity contribution in [2.24, 2.45) is 5.92 Å². The lowest BCUT2D eigenvalue weighted by atomic mass is 9.95. The molecule has 0 amide bonds. The molecule has 2 unspecified atom stereocenters. The summed E-state index contributed by atoms with van der Waals surface area (Å²) in [7, 11) is -3.22. The third-order valence-corrected chi connectivity index (χ3v) is 7.28. The molecule has 0 aliphatic carbocycles. The fourth-order valence-corrected chi connectivity index (χ4v) is 4.57. The molecule has 0 spiro atoms. The maximum absolute atomic E-state index is 12.0. The Balaban J connectivity index is 1.60. The Morgan fingerprint density at radius 2 is 2.03 bits per heavy atom. The van der Waals surface area contributed by atoms with E-state index in [2.05, 4.69) is 22.3 Å². The van der Waals surface area contributed by atoms with Crippen molar-refractivity contribution in [1.82, 2.24) is 19.9 Å². The normalized spacial score (nSPS) is 18.6. The van der Waals surface area contributed by atoms with Crippen molar-refractivity contribution in [3.05, 3.63) is 42.6 Å². The van der Waals surface area contributed by atoms with Crippen LogP contribution in [0.25, 0.3) is 16.9 Å². The molecule has 7 nitrogen and oxygen atoms in total. The number of nitrogens with zero attached hydrogens (tertiary/aromatic N) is 3. The third-order valence-electron chi connectivity index (χ3n) is 5.53. The summed E-state index contributed by atoms with van der Waals surface area (Å²) in [5.74, 6) is 1.11. The largest absolute Gasteiger partial charge is 0.473 e. The zero-order valence-electron chi connectivity index (χ0n) is 16.7. The molecular weight excluding hydrogens is 388 g/mol. The average molecular weight is 415 g/mol. The fourth-order valence-electron chi connectivity index (χ4n) is 3.68. The number of piperidine rings is 1. The lowest BCUT2D eigenvalue weighted by Crippen LogP contribution is -2.38. The van der Waals surface area contributed by atoms with E-state index in [1.165, 1.54) is 6.42 Å². The maximum atomic E-state index is 12.0. The first-order chi connectivity index (χ1) is 14.0. The van der Waals surface area contributed by atoms with E-state index in [4.69, 9.17) is 4.74 Å². The summed E-state index contributed by atoms with van der Waals surface area (Å²) in [6, 6.07) is 10.6. The van der Waals surface area contributed by atoms with Crippen LogP contribution < -0.4 is 10.1 Å². The lowest BCUT2D eigenvalue weighted by Gasteiger charge is -2.28. The van der Waals surface area contributed by atoms with Crippen LogP contribution in [0.5, 0.6) is 5.88 Å². The van der Waals surface area contributed by atoms with Gasteiger partial charge in [-0.2, -0.15) is 0 Å². The first kappa shape index (κ1) is 19.8. The highest BCUT2D eigenvalue weighted by molar-refractivity contribution is 7.91. The molecule has 1 fully saturated rings. The van der Waals surface area contributed by atoms with E-state index in [1.54, 1.807) is 41.9 Å². The minimum absolute atomic E-state index is 0.0678. The van der Waals surface area contributed by atoms with Crippen molar-refractivity contribution in [3.63, 3.8) is 0 Å². The molecule has 4 rings (SSSR count). The van der Waals surface area contributed by atoms with Gasteiger partial charge in [0.05, 0.1) is 22.5 Å². The molecule has 1 N–H and O–H groups in total. The predicted octanol–water partition coefficient (Wildman–Crippen LogP) is 2.96. The third kappa shape index (κ3) is 4.13. The van der Waals surface area contributed by atoms with E-state index in [0.29, 0.717) is 22.3 Å². The summed E-state index contributed by atoms with van der Waals surface area (Å²) in [5.41, 5.74) is 2.35. The van der Waals surface area contributed by atoms with E-state index in [1.807, 2.05) is 12.1 Å². The molecule has 3 aromatic rings. The molecular formula is C21H26N4O3S. The molecule has 0 saturated carbocycles. The van der Waals surface area contributed by atoms with Crippen LogP contribution in [0, 0.1) is 5.92 Å². The average Bonchev–Trinajstić information content (AvgIpc) is 3.17. The molecule has 154 valence electrons. The SMILES string of the molecule is CCS(=O)(=O)c1ccc(-c2cnc3ccc(OC(C)C4CCCNC4)nn23)cc1. The number of ether oxygens (including phenoxy) is 1. The maximum Gasteiger partial charge on any atom is 0.232 e. The van der Waals surface area contributed by atoms with E-state index in [-0.39, 0.29) is 11.9 Å². The molecule has 1 aliphatic rings. The highest BCUT2D eigenvalue weighted by Crippen LogP contribution is 2.24. The van der Waals surface area contributed by atoms with Crippen LogP contribution in [0.3, 0.4) is 0 Å². The Bertz CT molecular complexity index is 1090. The number of rotatable bonds is 6. The van der Waals surface area contributed by atoms with E-state index in [9.17, 15) is 8.42 Å². The van der Waals surface area contributed by atoms with Crippen LogP contribution >= 0.6 is 0 Å². The molecule has 2 atom stereocenters. The quantitative estimate of drug-likeness (QED) is 0.667. The summed E-state index contributed by atoms with van der Waals surface area (Å²) < 4.78 is 31.9. The van der Waals surface area contributed by atoms with Gasteiger partial charge in [0.1, 0.15) is 6.10 Å². The van der Waals surface area contributed by atoms with Gasteiger partial charge < -0.3 is 10.1 Å². The van der Waals surface area contributed by atoms with Gasteiger partial charge in [-0.15, -0.1) is 5.10 Å². The van der Waals surface area contributed by atoms with Crippen LogP contribution in [0.2, 0.25) is 0 Å². The minimum atomic E-state index is -3.22. The summed E-state index contributed by atoms with van der Waals surface area (Å²) >= 11 is 0. The minimum Gasteiger partial charge on any atom is -0.473 e. The summed E-state index contributed by atoms with van der Waals surface area (Å²) in [6.45, 7) is 5.77. The molecule has 2 aromatic heterocycles. The Kier molecular flexibility index (Phi) is 5.56. The monoisotopic (exact) mass is 414 g/mol. The van der Waals surface area contributed by atoms with Crippen molar-refractivity contribution < 1.29 is 13.2 Å². The van der Waals surface area contributed by atoms with Crippen LogP contribution in [-0.4, -0.2) is 48.0 Å². The molecule has 1 aromatic carbocycles. The Morgan fingerprint density at radius 1 is 1.24 bits per heavy atom. The zero-order valence-corrected chi connectivity index (χ0v) is 17.5. The van der Waals surface area contributed by atoms with Gasteiger partial charge in [0.25, 0.3) is 0 Å². The molecule has 0 radical (unpaired) electrons. The van der Waals surface area contributed by atoms with Crippen molar-refractivity contribution in [2.75, 3.05) is 18.8 Å². The number of nitrogens with one attached hydrogen (secondary N) is 1. The van der Waals surface area contributed by atoms with Crippen LogP contribution in [0.15, 0.2) is 47.5 Å². The Labute approximate surface area is 171 Å². The number of sulfone groups is 1. The number of aromatic nitrogens is 3. The summed E-state index contributed by atoms with van der Waals surface area (Å²) in [6.07, 6.45) is 4.13. The highest BCUT2D eigenvalue weighted by atomic mass is 32.2. The van der Waals surface area contributed by atoms with Gasteiger partial charge in [-0.1, -0.05) is 19.1 Å². The second kappa shape index (κ2) is 8.12. The smallest absolute Gasteiger partial charge is 0.232 e. The number of hydrogen-bond donors (Lipinski definition) is 1. The van der Waals surface area contributed by atoms with Crippen molar-refractivity contribution in [1.29, 1.82) is 0 Å². The predicted molar refractivity (Wildman–Crippen MR) is 112 cm³/mol. The zero-order chi connectivity index (χ0) is 20.4. The Hall–Kier alpha value is -2.45. The van der Waals surface area contributed by atoms with Crippen molar-refractivity contribution >= 4 is 15.5 Å². The summed E-state index contributed by atoms with van der Waals surface area (Å²) in [4.78, 5) is 4.73. The van der Waals surface area contributed by atoms with Gasteiger partial charge >= 0.3 is 0 Å². The Morgan fingerprint density at radius 3 is 2.72 bits per heavy atom. The molecule has 1 saturated heterocycles. The van der Waals surface area contributed by atoms with Gasteiger partial charge in [-0.05, 0) is 44.5 Å². The topological polar surface area (TPSA) is 85.6 Å². The van der Waals surface area contributed by atoms with Crippen molar-refractivity contribution in [2.45, 2.75) is 37.7 Å². The highest BCUT2D eigenvalue weighted by Gasteiger charge is 2.22. The van der Waals surface area contributed by atoms with Gasteiger partial charge in [0.2, 0.25) is 5.88 Å². The van der Waals surface area contributed by atoms with E-state index in [0.717, 1.165) is 30.8 Å². The first-order valence-electron chi connectivity index (χ1n) is 10.0. The molecule has 8 heteroatoms. The number of benzene rings is 1. The van der Waals surface area contributed by atoms with E-state index >= 15 is 0 Å². The van der Waals surface area contributed by atoms with Crippen LogP contribution in [0.4, 0.5) is 0 Å². The van der Waals surface area contributed by atoms with Crippen molar-refractivity contribution in [3.8, 4) is 17.1 Å². The summed E-state index contributed by atoms with van der Waals surface area (Å²) in [5, 5.41) is 8.05. The van der Waals surface area contributed by atoms with Gasteiger partial charge in [0, 0.05) is 24.1 Å². The number of fused-ring (bicyclic) bond motifs is 1. The molecule has 3 heterocycles. The second-order valence-corrected chi connectivity index (χ2v) is 9.72. The van der Waals surface area contributed by atoms with E-state index < -0.39 is 9.84 Å². The second-order valence-electron chi connectivity index (χ2n) is 7.44. The number of imidazole rings is 1. The standard InChI is InChI=1S/C21H26N4O3S/c1-3-29(26,27)18-8-6-16(7-9-18)19-14-23-20-10-11-21(24-25(19)20)28-15(2)17-5-4-12-22-13-17/h6-11,14-15,17,22H,3-5,12-13H2,1-2H3. The number of hydrogen-bond acceptors (Lipinski definition) is 6. The molecule has 29 heavy (non-hydrogen) atoms. The molecule has 0 bridgehead atoms. The van der Waals surface area contributed by atoms with Gasteiger partial charge in [-0.3, -0.25) is 0 Å². The lowest BCUT2D eigenvalue weighted by molar-refractivity contribution is 0.124. The van der Waals surface area contributed by atoms with Crippen LogP contribution in [0.1, 0.15) is 26.7 Å². The molecule has 1 aliphatic heterocycles. The van der Waals surface area contributed by atoms with Crippen LogP contribution in [-0.2, 0) is 9.84 Å². The van der Waals surface area contributed by atoms with Gasteiger partial charge in [-0.25, -0.2) is 17.9 Å². The fraction of sp³-hybridized carbons (Fsp3) is 0.429. The first-order valence-corrected chi connectivity index (χ1v) is 11.7. The van der Waals surface area contributed by atoms with Gasteiger partial charge in [0.15, 0.2) is 15.5 Å².